The van der Waals surface area contributed by atoms with Gasteiger partial charge in [0.2, 0.25) is 5.24 Å². The first kappa shape index (κ1) is 27.4. The highest BCUT2D eigenvalue weighted by Gasteiger charge is 2.71. The summed E-state index contributed by atoms with van der Waals surface area (Å²) in [5, 5.41) is -0.169. The summed E-state index contributed by atoms with van der Waals surface area (Å²) in [4.78, 5) is 37.7. The van der Waals surface area contributed by atoms with Gasteiger partial charge >= 0.3 is 5.97 Å². The summed E-state index contributed by atoms with van der Waals surface area (Å²) < 4.78 is 5.37. The molecule has 0 N–H and O–H groups in total. The normalized spacial score (nSPS) is 48.2. The fraction of sp³-hybridized carbons (Fsp3) is 0.844. The average molecular weight is 531 g/mol. The molecule has 5 aliphatic rings. The predicted octanol–water partition coefficient (Wildman–Crippen LogP) is 7.52. The lowest BCUT2D eigenvalue weighted by molar-refractivity contribution is -0.232. The first-order valence-electron chi connectivity index (χ1n) is 14.7. The number of carbonyl (C=O) groups is 3. The number of fused-ring (bicyclic) bond motifs is 7. The molecule has 5 heteroatoms. The Bertz CT molecular complexity index is 1030. The minimum atomic E-state index is -0.487. The van der Waals surface area contributed by atoms with Crippen LogP contribution in [-0.2, 0) is 19.1 Å². The molecule has 0 bridgehead atoms. The molecule has 4 nitrogen and oxygen atoms in total. The number of rotatable bonds is 4. The van der Waals surface area contributed by atoms with Gasteiger partial charge in [-0.25, -0.2) is 0 Å². The number of Topliss-reactive ketones (excluding diaryl/α,β-unsaturated/α-hetero) is 1. The standard InChI is InChI=1S/C32H47ClO4/c1-19(18-37-20(2)34)21-10-15-32(27(33)36)17-16-30(6)22(26(21)32)8-9-24-29(5)13-12-25(35)28(3,4)23(29)11-14-31(24,30)7/h21-24,26H,1,8-18H2,2-7H3/t21-,22+,23-,24+,26+,29-,30+,31+,32-/m0/s1. The topological polar surface area (TPSA) is 60.4 Å². The van der Waals surface area contributed by atoms with Crippen LogP contribution in [0.3, 0.4) is 0 Å². The van der Waals surface area contributed by atoms with E-state index < -0.39 is 5.41 Å². The summed E-state index contributed by atoms with van der Waals surface area (Å²) in [5.41, 5.74) is 0.635. The molecule has 5 rings (SSSR count). The van der Waals surface area contributed by atoms with Gasteiger partial charge in [0.15, 0.2) is 0 Å². The minimum Gasteiger partial charge on any atom is -0.461 e. The van der Waals surface area contributed by atoms with Gasteiger partial charge in [-0.05, 0) is 121 Å². The number of ketones is 1. The molecule has 37 heavy (non-hydrogen) atoms. The average Bonchev–Trinajstić information content (AvgIpc) is 3.22. The van der Waals surface area contributed by atoms with E-state index in [2.05, 4.69) is 41.2 Å². The Labute approximate surface area is 228 Å². The van der Waals surface area contributed by atoms with Crippen molar-refractivity contribution in [1.82, 2.24) is 0 Å². The lowest BCUT2D eigenvalue weighted by Gasteiger charge is -2.72. The Morgan fingerprint density at radius 3 is 2.27 bits per heavy atom. The third kappa shape index (κ3) is 3.55. The zero-order valence-electron chi connectivity index (χ0n) is 23.9. The molecule has 0 aliphatic heterocycles. The van der Waals surface area contributed by atoms with Gasteiger partial charge in [-0.15, -0.1) is 0 Å². The maximum atomic E-state index is 13.1. The maximum absolute atomic E-state index is 13.1. The number of carbonyl (C=O) groups excluding carboxylic acids is 3. The van der Waals surface area contributed by atoms with Gasteiger partial charge in [0.25, 0.3) is 0 Å². The van der Waals surface area contributed by atoms with E-state index in [1.807, 2.05) is 0 Å². The maximum Gasteiger partial charge on any atom is 0.302 e. The summed E-state index contributed by atoms with van der Waals surface area (Å²) in [6.45, 7) is 18.0. The van der Waals surface area contributed by atoms with Gasteiger partial charge in [0.05, 0.1) is 0 Å². The highest BCUT2D eigenvalue weighted by Crippen LogP contribution is 2.77. The van der Waals surface area contributed by atoms with Gasteiger partial charge in [-0.1, -0.05) is 41.2 Å². The van der Waals surface area contributed by atoms with Crippen molar-refractivity contribution >= 4 is 28.6 Å². The summed E-state index contributed by atoms with van der Waals surface area (Å²) in [6.07, 6.45) is 9.81. The van der Waals surface area contributed by atoms with Crippen LogP contribution in [-0.4, -0.2) is 23.6 Å². The highest BCUT2D eigenvalue weighted by atomic mass is 35.5. The van der Waals surface area contributed by atoms with Gasteiger partial charge in [0, 0.05) is 24.2 Å². The van der Waals surface area contributed by atoms with E-state index in [4.69, 9.17) is 16.3 Å². The molecule has 0 aromatic rings. The Hall–Kier alpha value is -1.16. The van der Waals surface area contributed by atoms with Gasteiger partial charge in [-0.3, -0.25) is 14.4 Å². The molecule has 5 saturated carbocycles. The zero-order chi connectivity index (χ0) is 27.2. The van der Waals surface area contributed by atoms with Crippen LogP contribution in [0.1, 0.15) is 106 Å². The fourth-order valence-electron chi connectivity index (χ4n) is 11.5. The lowest BCUT2D eigenvalue weighted by atomic mass is 9.32. The molecular weight excluding hydrogens is 484 g/mol. The Morgan fingerprint density at radius 2 is 1.62 bits per heavy atom. The van der Waals surface area contributed by atoms with E-state index in [0.29, 0.717) is 30.0 Å². The molecule has 0 unspecified atom stereocenters. The second-order valence-electron chi connectivity index (χ2n) is 14.9. The van der Waals surface area contributed by atoms with Crippen molar-refractivity contribution in [2.24, 2.45) is 56.7 Å². The van der Waals surface area contributed by atoms with Crippen LogP contribution in [0.25, 0.3) is 0 Å². The molecule has 206 valence electrons. The number of halogens is 1. The Morgan fingerprint density at radius 1 is 0.919 bits per heavy atom. The smallest absolute Gasteiger partial charge is 0.302 e. The number of hydrogen-bond donors (Lipinski definition) is 0. The number of hydrogen-bond acceptors (Lipinski definition) is 4. The van der Waals surface area contributed by atoms with Crippen LogP contribution in [0.5, 0.6) is 0 Å². The molecule has 9 atom stereocenters. The van der Waals surface area contributed by atoms with Crippen molar-refractivity contribution < 1.29 is 19.1 Å². The molecule has 0 heterocycles. The molecule has 5 aliphatic carbocycles. The van der Waals surface area contributed by atoms with E-state index in [0.717, 1.165) is 63.4 Å². The minimum absolute atomic E-state index is 0.0975. The van der Waals surface area contributed by atoms with Crippen LogP contribution < -0.4 is 0 Å². The van der Waals surface area contributed by atoms with Crippen LogP contribution in [0.2, 0.25) is 0 Å². The summed E-state index contributed by atoms with van der Waals surface area (Å²) >= 11 is 6.47. The molecule has 0 radical (unpaired) electrons. The molecule has 0 amide bonds. The van der Waals surface area contributed by atoms with Crippen LogP contribution in [0.15, 0.2) is 12.2 Å². The van der Waals surface area contributed by atoms with Gasteiger partial charge < -0.3 is 4.74 Å². The van der Waals surface area contributed by atoms with E-state index >= 15 is 0 Å². The summed E-state index contributed by atoms with van der Waals surface area (Å²) in [6, 6.07) is 0. The molecule has 5 fully saturated rings. The monoisotopic (exact) mass is 530 g/mol. The van der Waals surface area contributed by atoms with E-state index in [9.17, 15) is 14.4 Å². The van der Waals surface area contributed by atoms with Crippen LogP contribution in [0, 0.1) is 56.7 Å². The number of esters is 1. The second-order valence-corrected chi connectivity index (χ2v) is 15.2. The first-order chi connectivity index (χ1) is 17.1. The van der Waals surface area contributed by atoms with Crippen molar-refractivity contribution in [3.05, 3.63) is 12.2 Å². The lowest BCUT2D eigenvalue weighted by Crippen LogP contribution is -2.66. The van der Waals surface area contributed by atoms with Crippen molar-refractivity contribution in [2.75, 3.05) is 6.61 Å². The Kier molecular flexibility index (Phi) is 6.42. The highest BCUT2D eigenvalue weighted by molar-refractivity contribution is 6.64. The SMILES string of the molecule is C=C(COC(C)=O)[C@@H]1CC[C@]2(C(=O)Cl)CC[C@]3(C)[C@H](CC[C@@H]4[C@@]5(C)CCC(=O)C(C)(C)[C@@H]5CC[C@]43C)[C@@H]12. The molecule has 0 aromatic carbocycles. The predicted molar refractivity (Wildman–Crippen MR) is 146 cm³/mol. The third-order valence-electron chi connectivity index (χ3n) is 13.6. The molecule has 0 saturated heterocycles. The van der Waals surface area contributed by atoms with Crippen molar-refractivity contribution in [1.29, 1.82) is 0 Å². The van der Waals surface area contributed by atoms with Crippen LogP contribution in [0.4, 0.5) is 0 Å². The second kappa shape index (κ2) is 8.67. The summed E-state index contributed by atoms with van der Waals surface area (Å²) in [5.74, 6) is 1.88. The third-order valence-corrected chi connectivity index (χ3v) is 13.9. The summed E-state index contributed by atoms with van der Waals surface area (Å²) in [7, 11) is 0. The van der Waals surface area contributed by atoms with E-state index in [1.165, 1.54) is 6.92 Å². The van der Waals surface area contributed by atoms with E-state index in [-0.39, 0.29) is 51.3 Å². The van der Waals surface area contributed by atoms with Crippen molar-refractivity contribution in [3.8, 4) is 0 Å². The Balaban J connectivity index is 1.53. The fourth-order valence-corrected chi connectivity index (χ4v) is 11.8. The van der Waals surface area contributed by atoms with Crippen molar-refractivity contribution in [3.63, 3.8) is 0 Å². The quantitative estimate of drug-likeness (QED) is 0.214. The van der Waals surface area contributed by atoms with Gasteiger partial charge in [-0.2, -0.15) is 0 Å². The largest absolute Gasteiger partial charge is 0.461 e. The first-order valence-corrected chi connectivity index (χ1v) is 15.1. The number of ether oxygens (including phenoxy) is 1. The molecule has 0 spiro atoms. The molecule has 0 aromatic heterocycles. The van der Waals surface area contributed by atoms with Gasteiger partial charge in [0.1, 0.15) is 12.4 Å². The zero-order valence-corrected chi connectivity index (χ0v) is 24.6. The van der Waals surface area contributed by atoms with Crippen molar-refractivity contribution in [2.45, 2.75) is 106 Å². The molecular formula is C32H47ClO4. The van der Waals surface area contributed by atoms with Crippen LogP contribution >= 0.6 is 11.6 Å². The van der Waals surface area contributed by atoms with E-state index in [1.54, 1.807) is 0 Å².